The summed E-state index contributed by atoms with van der Waals surface area (Å²) in [6.45, 7) is 6.89. The Kier molecular flexibility index (Phi) is 7.37. The van der Waals surface area contributed by atoms with Crippen molar-refractivity contribution in [3.05, 3.63) is 94.2 Å². The number of hydrogen-bond acceptors (Lipinski definition) is 5. The van der Waals surface area contributed by atoms with Gasteiger partial charge in [-0.3, -0.25) is 14.2 Å². The Balaban J connectivity index is 2.00. The lowest BCUT2D eigenvalue weighted by Crippen LogP contribution is -2.43. The normalized spacial score (nSPS) is 15.7. The van der Waals surface area contributed by atoms with E-state index in [1.165, 1.54) is 11.3 Å². The fraction of sp³-hybridized carbons (Fsp3) is 0.269. The highest BCUT2D eigenvalue weighted by Crippen LogP contribution is 2.35. The van der Waals surface area contributed by atoms with Crippen molar-refractivity contribution in [3.8, 4) is 5.75 Å². The highest BCUT2D eigenvalue weighted by molar-refractivity contribution is 14.1. The number of likely N-dealkylation sites (N-methyl/N-ethyl adjacent to an activating group) is 1. The molecule has 0 bridgehead atoms. The number of benzene rings is 2. The topological polar surface area (TPSA) is 63.9 Å². The Labute approximate surface area is 216 Å². The van der Waals surface area contributed by atoms with Gasteiger partial charge in [-0.25, -0.2) is 4.99 Å². The van der Waals surface area contributed by atoms with Crippen LogP contribution in [0.3, 0.4) is 0 Å². The zero-order valence-corrected chi connectivity index (χ0v) is 22.5. The van der Waals surface area contributed by atoms with Gasteiger partial charge in [-0.2, -0.15) is 0 Å². The number of rotatable bonds is 6. The summed E-state index contributed by atoms with van der Waals surface area (Å²) in [7, 11) is 1.60. The minimum atomic E-state index is -0.626. The summed E-state index contributed by atoms with van der Waals surface area (Å²) in [6, 6.07) is 14.9. The first-order valence-electron chi connectivity index (χ1n) is 11.1. The first kappa shape index (κ1) is 24.4. The third-order valence-corrected chi connectivity index (χ3v) is 7.54. The molecule has 1 aromatic heterocycles. The maximum Gasteiger partial charge on any atom is 0.271 e. The molecule has 4 rings (SSSR count). The number of hydrogen-bond donors (Lipinski definition) is 0. The van der Waals surface area contributed by atoms with Gasteiger partial charge in [-0.15, -0.1) is 0 Å². The summed E-state index contributed by atoms with van der Waals surface area (Å²) in [6.07, 6.45) is 1.89. The zero-order chi connectivity index (χ0) is 24.4. The van der Waals surface area contributed by atoms with E-state index < -0.39 is 6.04 Å². The first-order valence-corrected chi connectivity index (χ1v) is 13.0. The average molecular weight is 587 g/mol. The standard InChI is InChI=1S/C26H26IN3O3S/c1-5-29(6-2)25(32)22-16(3)28-26-30(23(22)19-12-7-8-13-20(19)33-4)24(31)21(34-26)15-17-10-9-11-18(27)14-17/h7-15,23H,5-6H2,1-4H3/b21-15+/t23-/m1/s1. The summed E-state index contributed by atoms with van der Waals surface area (Å²) < 4.78 is 8.96. The van der Waals surface area contributed by atoms with E-state index in [4.69, 9.17) is 9.73 Å². The highest BCUT2D eigenvalue weighted by atomic mass is 127. The molecule has 0 N–H and O–H groups in total. The molecule has 0 fully saturated rings. The van der Waals surface area contributed by atoms with Crippen molar-refractivity contribution in [1.29, 1.82) is 0 Å². The molecule has 6 nitrogen and oxygen atoms in total. The number of halogens is 1. The number of nitrogens with zero attached hydrogens (tertiary/aromatic N) is 3. The number of methoxy groups -OCH3 is 1. The van der Waals surface area contributed by atoms with E-state index in [9.17, 15) is 9.59 Å². The Morgan fingerprint density at radius 1 is 1.21 bits per heavy atom. The molecule has 0 spiro atoms. The van der Waals surface area contributed by atoms with Crippen molar-refractivity contribution in [1.82, 2.24) is 9.47 Å². The predicted octanol–water partition coefficient (Wildman–Crippen LogP) is 3.72. The summed E-state index contributed by atoms with van der Waals surface area (Å²) in [5.41, 5.74) is 2.66. The molecule has 0 saturated carbocycles. The van der Waals surface area contributed by atoms with Crippen LogP contribution in [0.15, 0.2) is 69.6 Å². The molecule has 3 aromatic rings. The van der Waals surface area contributed by atoms with Gasteiger partial charge in [-0.1, -0.05) is 41.7 Å². The van der Waals surface area contributed by atoms with Crippen molar-refractivity contribution in [2.45, 2.75) is 26.8 Å². The fourth-order valence-electron chi connectivity index (χ4n) is 4.21. The minimum Gasteiger partial charge on any atom is -0.496 e. The number of fused-ring (bicyclic) bond motifs is 1. The molecule has 0 unspecified atom stereocenters. The molecule has 34 heavy (non-hydrogen) atoms. The molecular weight excluding hydrogens is 561 g/mol. The number of carbonyl (C=O) groups is 1. The van der Waals surface area contributed by atoms with Gasteiger partial charge in [0.25, 0.3) is 11.5 Å². The van der Waals surface area contributed by atoms with Gasteiger partial charge in [0.15, 0.2) is 4.80 Å². The molecule has 2 aromatic carbocycles. The van der Waals surface area contributed by atoms with Crippen LogP contribution in [0.5, 0.6) is 5.75 Å². The van der Waals surface area contributed by atoms with Crippen molar-refractivity contribution in [2.24, 2.45) is 4.99 Å². The number of carbonyl (C=O) groups excluding carboxylic acids is 1. The van der Waals surface area contributed by atoms with E-state index in [0.717, 1.165) is 14.7 Å². The predicted molar refractivity (Wildman–Crippen MR) is 144 cm³/mol. The molecule has 1 amide bonds. The van der Waals surface area contributed by atoms with E-state index in [-0.39, 0.29) is 11.5 Å². The van der Waals surface area contributed by atoms with Crippen LogP contribution < -0.4 is 19.6 Å². The lowest BCUT2D eigenvalue weighted by atomic mass is 9.94. The van der Waals surface area contributed by atoms with Crippen molar-refractivity contribution in [2.75, 3.05) is 20.2 Å². The Morgan fingerprint density at radius 3 is 2.62 bits per heavy atom. The molecule has 176 valence electrons. The van der Waals surface area contributed by atoms with Crippen LogP contribution in [0.25, 0.3) is 6.08 Å². The number of aromatic nitrogens is 1. The molecule has 2 heterocycles. The third kappa shape index (κ3) is 4.48. The molecular formula is C26H26IN3O3S. The van der Waals surface area contributed by atoms with Gasteiger partial charge < -0.3 is 9.64 Å². The highest BCUT2D eigenvalue weighted by Gasteiger charge is 2.35. The fourth-order valence-corrected chi connectivity index (χ4v) is 5.82. The second-order valence-corrected chi connectivity index (χ2v) is 10.1. The molecule has 8 heteroatoms. The Hall–Kier alpha value is -2.72. The van der Waals surface area contributed by atoms with Crippen LogP contribution >= 0.6 is 33.9 Å². The van der Waals surface area contributed by atoms with Crippen molar-refractivity contribution < 1.29 is 9.53 Å². The van der Waals surface area contributed by atoms with Crippen LogP contribution in [0.1, 0.15) is 37.9 Å². The zero-order valence-electron chi connectivity index (χ0n) is 19.5. The van der Waals surface area contributed by atoms with Crippen LogP contribution in [0.4, 0.5) is 0 Å². The minimum absolute atomic E-state index is 0.117. The van der Waals surface area contributed by atoms with E-state index in [0.29, 0.717) is 39.4 Å². The van der Waals surface area contributed by atoms with Crippen LogP contribution in [0, 0.1) is 3.57 Å². The number of thiazole rings is 1. The van der Waals surface area contributed by atoms with Gasteiger partial charge >= 0.3 is 0 Å². The number of ether oxygens (including phenoxy) is 1. The maximum absolute atomic E-state index is 13.8. The smallest absolute Gasteiger partial charge is 0.271 e. The molecule has 0 saturated heterocycles. The average Bonchev–Trinajstić information content (AvgIpc) is 3.13. The van der Waals surface area contributed by atoms with Gasteiger partial charge in [0, 0.05) is 22.2 Å². The molecule has 1 aliphatic rings. The van der Waals surface area contributed by atoms with E-state index >= 15 is 0 Å². The van der Waals surface area contributed by atoms with Crippen LogP contribution in [0.2, 0.25) is 0 Å². The first-order chi connectivity index (χ1) is 16.4. The second kappa shape index (κ2) is 10.3. The lowest BCUT2D eigenvalue weighted by molar-refractivity contribution is -0.127. The number of amides is 1. The van der Waals surface area contributed by atoms with E-state index in [2.05, 4.69) is 22.6 Å². The van der Waals surface area contributed by atoms with Crippen LogP contribution in [-0.2, 0) is 4.79 Å². The van der Waals surface area contributed by atoms with Gasteiger partial charge in [0.1, 0.15) is 11.8 Å². The summed E-state index contributed by atoms with van der Waals surface area (Å²) in [5.74, 6) is 0.508. The summed E-state index contributed by atoms with van der Waals surface area (Å²) >= 11 is 3.59. The quantitative estimate of drug-likeness (QED) is 0.414. The van der Waals surface area contributed by atoms with Gasteiger partial charge in [0.05, 0.1) is 22.9 Å². The Bertz CT molecular complexity index is 1450. The largest absolute Gasteiger partial charge is 0.496 e. The molecule has 1 aliphatic heterocycles. The van der Waals surface area contributed by atoms with Crippen molar-refractivity contribution >= 4 is 45.9 Å². The van der Waals surface area contributed by atoms with Gasteiger partial charge in [-0.05, 0) is 73.2 Å². The van der Waals surface area contributed by atoms with E-state index in [1.807, 2.05) is 75.4 Å². The summed E-state index contributed by atoms with van der Waals surface area (Å²) in [4.78, 5) is 34.5. The van der Waals surface area contributed by atoms with Crippen LogP contribution in [-0.4, -0.2) is 35.6 Å². The molecule has 0 aliphatic carbocycles. The monoisotopic (exact) mass is 587 g/mol. The third-order valence-electron chi connectivity index (χ3n) is 5.88. The second-order valence-electron chi connectivity index (χ2n) is 7.86. The van der Waals surface area contributed by atoms with Crippen molar-refractivity contribution in [3.63, 3.8) is 0 Å². The SMILES string of the molecule is CCN(CC)C(=O)C1=C(C)N=c2s/c(=C/c3cccc(I)c3)c(=O)n2[C@@H]1c1ccccc1OC. The number of allylic oxidation sites excluding steroid dienone is 1. The van der Waals surface area contributed by atoms with Gasteiger partial charge in [0.2, 0.25) is 0 Å². The molecule has 1 atom stereocenters. The number of para-hydroxylation sites is 1. The Morgan fingerprint density at radius 2 is 1.94 bits per heavy atom. The molecule has 0 radical (unpaired) electrons. The summed E-state index contributed by atoms with van der Waals surface area (Å²) in [5, 5.41) is 0. The lowest BCUT2D eigenvalue weighted by Gasteiger charge is -2.29. The maximum atomic E-state index is 13.8. The van der Waals surface area contributed by atoms with E-state index in [1.54, 1.807) is 16.6 Å².